The summed E-state index contributed by atoms with van der Waals surface area (Å²) in [6, 6.07) is 7.98. The summed E-state index contributed by atoms with van der Waals surface area (Å²) in [5.74, 6) is 4.88. The van der Waals surface area contributed by atoms with Crippen molar-refractivity contribution < 1.29 is 22.7 Å². The Labute approximate surface area is 188 Å². The van der Waals surface area contributed by atoms with E-state index in [9.17, 15) is 22.8 Å². The minimum atomic E-state index is -4.32. The summed E-state index contributed by atoms with van der Waals surface area (Å²) in [6.07, 6.45) is 0.509. The molecule has 1 atom stereocenters. The fourth-order valence-corrected chi connectivity index (χ4v) is 2.99. The number of carbonyl (C=O) groups excluding carboxylic acids is 1. The van der Waals surface area contributed by atoms with Gasteiger partial charge in [-0.05, 0) is 36.3 Å². The third-order valence-electron chi connectivity index (χ3n) is 4.75. The third kappa shape index (κ3) is 8.13. The summed E-state index contributed by atoms with van der Waals surface area (Å²) in [5.41, 5.74) is 8.69. The number of carbonyl (C=O) groups is 1. The van der Waals surface area contributed by atoms with Gasteiger partial charge < -0.3 is 25.8 Å². The predicted molar refractivity (Wildman–Crippen MR) is 118 cm³/mol. The summed E-state index contributed by atoms with van der Waals surface area (Å²) in [6.45, 7) is 4.77. The largest absolute Gasteiger partial charge is 0.416 e. The van der Waals surface area contributed by atoms with Crippen molar-refractivity contribution in [2.24, 2.45) is 11.6 Å². The summed E-state index contributed by atoms with van der Waals surface area (Å²) < 4.78 is 42.9. The number of halogens is 3. The van der Waals surface area contributed by atoms with Crippen molar-refractivity contribution in [3.8, 4) is 0 Å². The Morgan fingerprint density at radius 2 is 2.00 bits per heavy atom. The smallest absolute Gasteiger partial charge is 0.397 e. The molecule has 0 saturated carbocycles. The SMILES string of the molecule is C=CC(=O)N1CCC(OCc2ccc(C(F)(F)F)cc2)C1.NN/C=C(\N)c1cc[nH]c(=O)c1. The van der Waals surface area contributed by atoms with Gasteiger partial charge in [0.2, 0.25) is 11.5 Å². The van der Waals surface area contributed by atoms with E-state index in [1.165, 1.54) is 36.7 Å². The number of nitrogens with zero attached hydrogens (tertiary/aromatic N) is 1. The molecule has 0 bridgehead atoms. The predicted octanol–water partition coefficient (Wildman–Crippen LogP) is 2.10. The quantitative estimate of drug-likeness (QED) is 0.294. The number of nitrogens with one attached hydrogen (secondary N) is 2. The summed E-state index contributed by atoms with van der Waals surface area (Å²) in [5, 5.41) is 0. The molecule has 178 valence electrons. The van der Waals surface area contributed by atoms with Crippen LogP contribution in [0.2, 0.25) is 0 Å². The van der Waals surface area contributed by atoms with E-state index >= 15 is 0 Å². The zero-order valence-corrected chi connectivity index (χ0v) is 17.8. The second kappa shape index (κ2) is 11.9. The van der Waals surface area contributed by atoms with Gasteiger partial charge in [-0.15, -0.1) is 0 Å². The number of ether oxygens (including phenoxy) is 1. The zero-order chi connectivity index (χ0) is 24.4. The van der Waals surface area contributed by atoms with Crippen molar-refractivity contribution >= 4 is 11.6 Å². The van der Waals surface area contributed by atoms with E-state index in [-0.39, 0.29) is 24.2 Å². The van der Waals surface area contributed by atoms with Gasteiger partial charge in [-0.2, -0.15) is 13.2 Å². The van der Waals surface area contributed by atoms with Gasteiger partial charge in [0.25, 0.3) is 0 Å². The molecule has 1 fully saturated rings. The van der Waals surface area contributed by atoms with Crippen LogP contribution in [-0.2, 0) is 22.3 Å². The number of alkyl halides is 3. The first kappa shape index (κ1) is 25.7. The molecule has 2 aromatic rings. The number of rotatable bonds is 6. The Morgan fingerprint density at radius 3 is 2.58 bits per heavy atom. The molecule has 1 saturated heterocycles. The van der Waals surface area contributed by atoms with E-state index in [4.69, 9.17) is 16.3 Å². The maximum Gasteiger partial charge on any atom is 0.416 e. The van der Waals surface area contributed by atoms with Crippen LogP contribution in [0.1, 0.15) is 23.1 Å². The molecule has 0 spiro atoms. The molecular weight excluding hydrogens is 439 g/mol. The lowest BCUT2D eigenvalue weighted by Gasteiger charge is -2.15. The second-order valence-corrected chi connectivity index (χ2v) is 7.11. The molecule has 1 aromatic carbocycles. The molecule has 1 unspecified atom stereocenters. The number of hydrazine groups is 1. The van der Waals surface area contributed by atoms with E-state index in [1.54, 1.807) is 11.0 Å². The van der Waals surface area contributed by atoms with E-state index < -0.39 is 11.7 Å². The number of hydrogen-bond acceptors (Lipinski definition) is 6. The number of aromatic nitrogens is 1. The number of likely N-dealkylation sites (tertiary alicyclic amines) is 1. The van der Waals surface area contributed by atoms with Gasteiger partial charge in [0, 0.05) is 37.1 Å². The minimum absolute atomic E-state index is 0.0869. The highest BCUT2D eigenvalue weighted by Crippen LogP contribution is 2.29. The van der Waals surface area contributed by atoms with Gasteiger partial charge in [-0.3, -0.25) is 15.4 Å². The van der Waals surface area contributed by atoms with Gasteiger partial charge in [0.15, 0.2) is 0 Å². The van der Waals surface area contributed by atoms with Crippen molar-refractivity contribution in [3.05, 3.63) is 88.5 Å². The monoisotopic (exact) mass is 465 g/mol. The van der Waals surface area contributed by atoms with Crippen LogP contribution in [0.25, 0.3) is 5.70 Å². The molecule has 8 nitrogen and oxygen atoms in total. The van der Waals surface area contributed by atoms with E-state index in [0.29, 0.717) is 29.9 Å². The van der Waals surface area contributed by atoms with Crippen molar-refractivity contribution in [2.45, 2.75) is 25.3 Å². The number of hydrogen-bond donors (Lipinski definition) is 4. The van der Waals surface area contributed by atoms with Crippen LogP contribution >= 0.6 is 0 Å². The van der Waals surface area contributed by atoms with E-state index in [0.717, 1.165) is 18.6 Å². The highest BCUT2D eigenvalue weighted by atomic mass is 19.4. The molecule has 1 aliphatic rings. The standard InChI is InChI=1S/C15H16F3NO2.C7H10N4O/c1-2-14(20)19-8-7-13(9-19)21-10-11-3-5-12(6-4-11)15(16,17)18;8-6(4-11-9)5-1-2-10-7(12)3-5/h2-6,13H,1,7-10H2;1-4,11H,8-9H2,(H,10,12)/b;6-4-. The Balaban J connectivity index is 0.000000273. The molecule has 1 amide bonds. The Kier molecular flexibility index (Phi) is 9.25. The van der Waals surface area contributed by atoms with E-state index in [1.807, 2.05) is 0 Å². The van der Waals surface area contributed by atoms with Crippen LogP contribution in [-0.4, -0.2) is 35.0 Å². The molecule has 11 heteroatoms. The average Bonchev–Trinajstić information content (AvgIpc) is 3.26. The number of benzene rings is 1. The van der Waals surface area contributed by atoms with Gasteiger partial charge in [-0.25, -0.2) is 0 Å². The van der Waals surface area contributed by atoms with Gasteiger partial charge >= 0.3 is 6.18 Å². The number of nitrogens with two attached hydrogens (primary N) is 2. The number of amides is 1. The van der Waals surface area contributed by atoms with Crippen LogP contribution in [0.5, 0.6) is 0 Å². The topological polar surface area (TPSA) is 126 Å². The molecule has 33 heavy (non-hydrogen) atoms. The second-order valence-electron chi connectivity index (χ2n) is 7.11. The molecule has 1 aromatic heterocycles. The lowest BCUT2D eigenvalue weighted by Crippen LogP contribution is -2.28. The first-order valence-electron chi connectivity index (χ1n) is 9.94. The first-order chi connectivity index (χ1) is 15.6. The maximum absolute atomic E-state index is 12.4. The summed E-state index contributed by atoms with van der Waals surface area (Å²) in [4.78, 5) is 26.3. The minimum Gasteiger partial charge on any atom is -0.397 e. The van der Waals surface area contributed by atoms with Crippen molar-refractivity contribution in [1.82, 2.24) is 15.3 Å². The number of pyridine rings is 1. The van der Waals surface area contributed by atoms with Crippen LogP contribution in [0.4, 0.5) is 13.2 Å². The maximum atomic E-state index is 12.4. The Morgan fingerprint density at radius 1 is 1.30 bits per heavy atom. The van der Waals surface area contributed by atoms with Crippen LogP contribution < -0.4 is 22.6 Å². The lowest BCUT2D eigenvalue weighted by molar-refractivity contribution is -0.137. The van der Waals surface area contributed by atoms with Crippen molar-refractivity contribution in [2.75, 3.05) is 13.1 Å². The molecule has 3 rings (SSSR count). The van der Waals surface area contributed by atoms with E-state index in [2.05, 4.69) is 17.0 Å². The highest BCUT2D eigenvalue weighted by molar-refractivity contribution is 5.87. The van der Waals surface area contributed by atoms with Crippen LogP contribution in [0.3, 0.4) is 0 Å². The summed E-state index contributed by atoms with van der Waals surface area (Å²) in [7, 11) is 0. The average molecular weight is 465 g/mol. The van der Waals surface area contributed by atoms with Crippen LogP contribution in [0.15, 0.2) is 66.2 Å². The lowest BCUT2D eigenvalue weighted by atomic mass is 10.1. The Bertz CT molecular complexity index is 1020. The molecular formula is C22H26F3N5O3. The van der Waals surface area contributed by atoms with Gasteiger partial charge in [-0.1, -0.05) is 18.7 Å². The molecule has 6 N–H and O–H groups in total. The molecule has 2 heterocycles. The van der Waals surface area contributed by atoms with Crippen molar-refractivity contribution in [3.63, 3.8) is 0 Å². The fourth-order valence-electron chi connectivity index (χ4n) is 2.99. The number of H-pyrrole nitrogens is 1. The molecule has 1 aliphatic heterocycles. The normalized spacial score (nSPS) is 16.1. The zero-order valence-electron chi connectivity index (χ0n) is 17.8. The van der Waals surface area contributed by atoms with Gasteiger partial charge in [0.1, 0.15) is 0 Å². The Hall–Kier alpha value is -3.57. The van der Waals surface area contributed by atoms with Crippen molar-refractivity contribution in [1.29, 1.82) is 0 Å². The molecule has 0 aliphatic carbocycles. The number of aromatic amines is 1. The summed E-state index contributed by atoms with van der Waals surface area (Å²) >= 11 is 0. The van der Waals surface area contributed by atoms with Gasteiger partial charge in [0.05, 0.1) is 24.0 Å². The fraction of sp³-hybridized carbons (Fsp3) is 0.273. The molecule has 0 radical (unpaired) electrons. The first-order valence-corrected chi connectivity index (χ1v) is 9.94. The highest BCUT2D eigenvalue weighted by Gasteiger charge is 2.30. The van der Waals surface area contributed by atoms with Crippen LogP contribution in [0, 0.1) is 0 Å². The third-order valence-corrected chi connectivity index (χ3v) is 4.75.